The summed E-state index contributed by atoms with van der Waals surface area (Å²) >= 11 is 0. The SMILES string of the molecule is CC(NC(=O)C(CCC(N)=O)NC(=O)C1CCCN1)C(=O)NC(C(=O)O)C(C)C. The number of carboxylic acids is 1. The van der Waals surface area contributed by atoms with E-state index in [2.05, 4.69) is 21.3 Å². The fraction of sp³-hybridized carbons (Fsp3) is 0.722. The highest BCUT2D eigenvalue weighted by Crippen LogP contribution is 2.07. The molecule has 1 fully saturated rings. The van der Waals surface area contributed by atoms with Crippen LogP contribution in [0.15, 0.2) is 0 Å². The van der Waals surface area contributed by atoms with E-state index in [1.807, 2.05) is 0 Å². The lowest BCUT2D eigenvalue weighted by atomic mass is 10.0. The lowest BCUT2D eigenvalue weighted by molar-refractivity contribution is -0.143. The van der Waals surface area contributed by atoms with Crippen molar-refractivity contribution in [2.24, 2.45) is 11.7 Å². The predicted octanol–water partition coefficient (Wildman–Crippen LogP) is -1.78. The molecule has 7 N–H and O–H groups in total. The second-order valence-electron chi connectivity index (χ2n) is 7.51. The fourth-order valence-electron chi connectivity index (χ4n) is 2.91. The van der Waals surface area contributed by atoms with Crippen molar-refractivity contribution in [2.45, 2.75) is 70.6 Å². The number of carbonyl (C=O) groups is 5. The van der Waals surface area contributed by atoms with E-state index in [0.717, 1.165) is 6.42 Å². The molecular formula is C18H31N5O6. The molecule has 0 aromatic rings. The molecule has 11 heteroatoms. The molecule has 0 aliphatic carbocycles. The Balaban J connectivity index is 2.73. The highest BCUT2D eigenvalue weighted by atomic mass is 16.4. The minimum absolute atomic E-state index is 0.0162. The third-order valence-corrected chi connectivity index (χ3v) is 4.67. The molecule has 4 unspecified atom stereocenters. The van der Waals surface area contributed by atoms with Crippen LogP contribution < -0.4 is 27.0 Å². The minimum Gasteiger partial charge on any atom is -0.480 e. The van der Waals surface area contributed by atoms with Gasteiger partial charge in [-0.1, -0.05) is 13.8 Å². The lowest BCUT2D eigenvalue weighted by Gasteiger charge is -2.24. The van der Waals surface area contributed by atoms with E-state index in [4.69, 9.17) is 5.73 Å². The van der Waals surface area contributed by atoms with Crippen LogP contribution in [0.1, 0.15) is 46.5 Å². The first kappa shape index (κ1) is 24.3. The number of rotatable bonds is 11. The van der Waals surface area contributed by atoms with Crippen LogP contribution in [-0.2, 0) is 24.0 Å². The summed E-state index contributed by atoms with van der Waals surface area (Å²) in [4.78, 5) is 59.5. The van der Waals surface area contributed by atoms with Crippen LogP contribution in [0, 0.1) is 5.92 Å². The average molecular weight is 413 g/mol. The molecule has 1 saturated heterocycles. The Labute approximate surface area is 169 Å². The molecule has 11 nitrogen and oxygen atoms in total. The number of carboxylic acid groups (broad SMARTS) is 1. The van der Waals surface area contributed by atoms with Crippen molar-refractivity contribution in [3.8, 4) is 0 Å². The van der Waals surface area contributed by atoms with E-state index in [1.165, 1.54) is 6.92 Å². The van der Waals surface area contributed by atoms with Gasteiger partial charge in [0.1, 0.15) is 18.1 Å². The van der Waals surface area contributed by atoms with E-state index in [0.29, 0.717) is 13.0 Å². The van der Waals surface area contributed by atoms with Gasteiger partial charge in [-0.3, -0.25) is 19.2 Å². The number of hydrogen-bond donors (Lipinski definition) is 6. The molecule has 1 heterocycles. The summed E-state index contributed by atoms with van der Waals surface area (Å²) in [6.07, 6.45) is 1.35. The molecule has 0 saturated carbocycles. The topological polar surface area (TPSA) is 180 Å². The van der Waals surface area contributed by atoms with Crippen LogP contribution in [0.4, 0.5) is 0 Å². The fourth-order valence-corrected chi connectivity index (χ4v) is 2.91. The quantitative estimate of drug-likeness (QED) is 0.231. The van der Waals surface area contributed by atoms with E-state index in [1.54, 1.807) is 13.8 Å². The number of amides is 4. The number of nitrogens with one attached hydrogen (secondary N) is 4. The normalized spacial score (nSPS) is 19.1. The zero-order chi connectivity index (χ0) is 22.1. The molecular weight excluding hydrogens is 382 g/mol. The summed E-state index contributed by atoms with van der Waals surface area (Å²) in [7, 11) is 0. The molecule has 29 heavy (non-hydrogen) atoms. The number of nitrogens with two attached hydrogens (primary N) is 1. The van der Waals surface area contributed by atoms with Crippen molar-refractivity contribution in [1.29, 1.82) is 0 Å². The summed E-state index contributed by atoms with van der Waals surface area (Å²) in [5, 5.41) is 19.6. The highest BCUT2D eigenvalue weighted by Gasteiger charge is 2.30. The van der Waals surface area contributed by atoms with Gasteiger partial charge in [-0.25, -0.2) is 4.79 Å². The molecule has 0 spiro atoms. The molecule has 4 atom stereocenters. The molecule has 164 valence electrons. The first-order chi connectivity index (χ1) is 13.5. The van der Waals surface area contributed by atoms with Crippen LogP contribution in [0.3, 0.4) is 0 Å². The van der Waals surface area contributed by atoms with Gasteiger partial charge in [0, 0.05) is 6.42 Å². The predicted molar refractivity (Wildman–Crippen MR) is 103 cm³/mol. The van der Waals surface area contributed by atoms with Crippen LogP contribution in [0.2, 0.25) is 0 Å². The zero-order valence-corrected chi connectivity index (χ0v) is 17.0. The van der Waals surface area contributed by atoms with Crippen LogP contribution in [0.5, 0.6) is 0 Å². The Morgan fingerprint density at radius 1 is 1.07 bits per heavy atom. The molecule has 1 rings (SSSR count). The van der Waals surface area contributed by atoms with Crippen LogP contribution in [0.25, 0.3) is 0 Å². The maximum atomic E-state index is 12.6. The van der Waals surface area contributed by atoms with Crippen molar-refractivity contribution in [3.63, 3.8) is 0 Å². The molecule has 1 aliphatic rings. The Morgan fingerprint density at radius 2 is 1.72 bits per heavy atom. The zero-order valence-electron chi connectivity index (χ0n) is 17.0. The lowest BCUT2D eigenvalue weighted by Crippen LogP contribution is -2.56. The largest absolute Gasteiger partial charge is 0.480 e. The second-order valence-corrected chi connectivity index (χ2v) is 7.51. The Morgan fingerprint density at radius 3 is 2.21 bits per heavy atom. The van der Waals surface area contributed by atoms with Gasteiger partial charge in [0.25, 0.3) is 0 Å². The van der Waals surface area contributed by atoms with Gasteiger partial charge in [-0.05, 0) is 38.6 Å². The van der Waals surface area contributed by atoms with Gasteiger partial charge in [0.15, 0.2) is 0 Å². The van der Waals surface area contributed by atoms with Crippen molar-refractivity contribution >= 4 is 29.6 Å². The van der Waals surface area contributed by atoms with E-state index >= 15 is 0 Å². The maximum absolute atomic E-state index is 12.6. The first-order valence-corrected chi connectivity index (χ1v) is 9.68. The second kappa shape index (κ2) is 11.3. The Hall–Kier alpha value is -2.69. The third-order valence-electron chi connectivity index (χ3n) is 4.67. The number of carbonyl (C=O) groups excluding carboxylic acids is 4. The van der Waals surface area contributed by atoms with Gasteiger partial charge in [0.05, 0.1) is 6.04 Å². The van der Waals surface area contributed by atoms with Crippen molar-refractivity contribution < 1.29 is 29.1 Å². The van der Waals surface area contributed by atoms with Crippen molar-refractivity contribution in [1.82, 2.24) is 21.3 Å². The molecule has 0 radical (unpaired) electrons. The number of hydrogen-bond acceptors (Lipinski definition) is 6. The van der Waals surface area contributed by atoms with Gasteiger partial charge < -0.3 is 32.1 Å². The highest BCUT2D eigenvalue weighted by molar-refractivity contribution is 5.94. The van der Waals surface area contributed by atoms with E-state index in [9.17, 15) is 29.1 Å². The number of primary amides is 1. The van der Waals surface area contributed by atoms with Gasteiger partial charge in [0.2, 0.25) is 23.6 Å². The van der Waals surface area contributed by atoms with Gasteiger partial charge in [-0.2, -0.15) is 0 Å². The molecule has 0 aromatic carbocycles. The van der Waals surface area contributed by atoms with E-state index in [-0.39, 0.29) is 24.7 Å². The summed E-state index contributed by atoms with van der Waals surface area (Å²) in [5.74, 6) is -3.84. The average Bonchev–Trinajstić information content (AvgIpc) is 3.16. The Kier molecular flexibility index (Phi) is 9.53. The van der Waals surface area contributed by atoms with Gasteiger partial charge >= 0.3 is 5.97 Å². The van der Waals surface area contributed by atoms with Crippen LogP contribution >= 0.6 is 0 Å². The monoisotopic (exact) mass is 413 g/mol. The molecule has 4 amide bonds. The molecule has 1 aliphatic heterocycles. The maximum Gasteiger partial charge on any atom is 0.326 e. The number of aliphatic carboxylic acids is 1. The summed E-state index contributed by atoms with van der Waals surface area (Å²) in [6, 6.07) is -3.60. The standard InChI is InChI=1S/C18H31N5O6/c1-9(2)14(18(28)29)23-15(25)10(3)21-17(27)12(6-7-13(19)24)22-16(26)11-5-4-8-20-11/h9-12,14,20H,4-8H2,1-3H3,(H2,19,24)(H,21,27)(H,22,26)(H,23,25)(H,28,29). The molecule has 0 aromatic heterocycles. The molecule has 0 bridgehead atoms. The third kappa shape index (κ3) is 8.06. The Bertz CT molecular complexity index is 632. The van der Waals surface area contributed by atoms with Gasteiger partial charge in [-0.15, -0.1) is 0 Å². The van der Waals surface area contributed by atoms with Crippen molar-refractivity contribution in [2.75, 3.05) is 6.54 Å². The van der Waals surface area contributed by atoms with Crippen molar-refractivity contribution in [3.05, 3.63) is 0 Å². The summed E-state index contributed by atoms with van der Waals surface area (Å²) in [6.45, 7) is 5.40. The minimum atomic E-state index is -1.18. The van der Waals surface area contributed by atoms with E-state index < -0.39 is 47.9 Å². The smallest absolute Gasteiger partial charge is 0.326 e. The summed E-state index contributed by atoms with van der Waals surface area (Å²) < 4.78 is 0. The first-order valence-electron chi connectivity index (χ1n) is 9.68. The summed E-state index contributed by atoms with van der Waals surface area (Å²) in [5.41, 5.74) is 5.14. The van der Waals surface area contributed by atoms with Crippen LogP contribution in [-0.4, -0.2) is 65.4 Å².